The molecule has 0 radical (unpaired) electrons. The lowest BCUT2D eigenvalue weighted by atomic mass is 10.1. The van der Waals surface area contributed by atoms with E-state index in [1.54, 1.807) is 54.6 Å². The summed E-state index contributed by atoms with van der Waals surface area (Å²) < 4.78 is 15.5. The predicted octanol–water partition coefficient (Wildman–Crippen LogP) is 4.16. The van der Waals surface area contributed by atoms with Crippen LogP contribution in [0, 0.1) is 0 Å². The van der Waals surface area contributed by atoms with Gasteiger partial charge in [0, 0.05) is 11.1 Å². The number of nitrogens with one attached hydrogen (secondary N) is 1. The Labute approximate surface area is 171 Å². The molecule has 0 aliphatic heterocycles. The summed E-state index contributed by atoms with van der Waals surface area (Å²) in [5.74, 6) is 0.581. The van der Waals surface area contributed by atoms with E-state index in [0.717, 1.165) is 0 Å². The molecule has 0 atom stereocenters. The maximum absolute atomic E-state index is 12.1. The minimum absolute atomic E-state index is 0.240. The molecular weight excluding hydrogens is 396 g/mol. The minimum Gasteiger partial charge on any atom is -0.497 e. The molecule has 2 aromatic carbocycles. The SMILES string of the molecule is COC(=O)c1cc(-c2ccc(/C=N\NC(=O)c3cccc(OC)c3)o2)ccc1Cl. The second-order valence-corrected chi connectivity index (χ2v) is 6.23. The molecule has 1 amide bonds. The van der Waals surface area contributed by atoms with Gasteiger partial charge in [0.1, 0.15) is 17.3 Å². The van der Waals surface area contributed by atoms with E-state index >= 15 is 0 Å². The maximum Gasteiger partial charge on any atom is 0.339 e. The van der Waals surface area contributed by atoms with Crippen LogP contribution in [0.5, 0.6) is 5.75 Å². The Morgan fingerprint density at radius 3 is 2.69 bits per heavy atom. The highest BCUT2D eigenvalue weighted by Crippen LogP contribution is 2.27. The first kappa shape index (κ1) is 20.2. The number of amides is 1. The number of rotatable bonds is 6. The second-order valence-electron chi connectivity index (χ2n) is 5.82. The Bertz CT molecular complexity index is 1070. The van der Waals surface area contributed by atoms with Crippen LogP contribution in [0.15, 0.2) is 64.1 Å². The van der Waals surface area contributed by atoms with Crippen LogP contribution in [0.2, 0.25) is 5.02 Å². The summed E-state index contributed by atoms with van der Waals surface area (Å²) in [6.45, 7) is 0. The van der Waals surface area contributed by atoms with Crippen molar-refractivity contribution in [2.24, 2.45) is 5.10 Å². The van der Waals surface area contributed by atoms with E-state index < -0.39 is 5.97 Å². The summed E-state index contributed by atoms with van der Waals surface area (Å²) in [4.78, 5) is 23.9. The van der Waals surface area contributed by atoms with Crippen molar-refractivity contribution in [2.75, 3.05) is 14.2 Å². The fourth-order valence-corrected chi connectivity index (χ4v) is 2.70. The number of methoxy groups -OCH3 is 2. The summed E-state index contributed by atoms with van der Waals surface area (Å²) in [7, 11) is 2.81. The number of carbonyl (C=O) groups is 2. The number of hydrogen-bond acceptors (Lipinski definition) is 6. The first-order valence-electron chi connectivity index (χ1n) is 8.47. The minimum atomic E-state index is -0.537. The number of ether oxygens (including phenoxy) is 2. The molecule has 0 saturated carbocycles. The van der Waals surface area contributed by atoms with Crippen LogP contribution in [-0.2, 0) is 4.74 Å². The van der Waals surface area contributed by atoms with E-state index in [-0.39, 0.29) is 16.5 Å². The summed E-state index contributed by atoms with van der Waals surface area (Å²) in [5.41, 5.74) is 3.73. The molecule has 148 valence electrons. The van der Waals surface area contributed by atoms with E-state index in [1.165, 1.54) is 20.4 Å². The number of esters is 1. The zero-order valence-electron chi connectivity index (χ0n) is 15.6. The molecule has 1 N–H and O–H groups in total. The number of hydrogen-bond donors (Lipinski definition) is 1. The van der Waals surface area contributed by atoms with Crippen molar-refractivity contribution < 1.29 is 23.5 Å². The summed E-state index contributed by atoms with van der Waals surface area (Å²) >= 11 is 6.03. The molecule has 3 rings (SSSR count). The van der Waals surface area contributed by atoms with Crippen LogP contribution in [0.3, 0.4) is 0 Å². The monoisotopic (exact) mass is 412 g/mol. The molecule has 1 aromatic heterocycles. The molecule has 1 heterocycles. The number of carbonyl (C=O) groups excluding carboxylic acids is 2. The topological polar surface area (TPSA) is 90.1 Å². The quantitative estimate of drug-likeness (QED) is 0.373. The van der Waals surface area contributed by atoms with Crippen molar-refractivity contribution in [3.8, 4) is 17.1 Å². The van der Waals surface area contributed by atoms with E-state index in [2.05, 4.69) is 10.5 Å². The standard InChI is InChI=1S/C21H17ClN2O5/c1-27-15-5-3-4-14(10-15)20(25)24-23-12-16-7-9-19(29-16)13-6-8-18(22)17(11-13)21(26)28-2/h3-12H,1-2H3,(H,24,25)/b23-12-. The predicted molar refractivity (Wildman–Crippen MR) is 109 cm³/mol. The van der Waals surface area contributed by atoms with Crippen LogP contribution in [0.4, 0.5) is 0 Å². The van der Waals surface area contributed by atoms with Crippen LogP contribution in [-0.4, -0.2) is 32.3 Å². The van der Waals surface area contributed by atoms with Gasteiger partial charge in [-0.3, -0.25) is 4.79 Å². The fraction of sp³-hybridized carbons (Fsp3) is 0.0952. The zero-order valence-corrected chi connectivity index (χ0v) is 16.4. The normalized spacial score (nSPS) is 10.7. The molecule has 0 aliphatic carbocycles. The molecule has 7 nitrogen and oxygen atoms in total. The van der Waals surface area contributed by atoms with Crippen LogP contribution >= 0.6 is 11.6 Å². The van der Waals surface area contributed by atoms with Gasteiger partial charge in [0.15, 0.2) is 0 Å². The van der Waals surface area contributed by atoms with Gasteiger partial charge >= 0.3 is 5.97 Å². The third kappa shape index (κ3) is 4.83. The van der Waals surface area contributed by atoms with Gasteiger partial charge in [0.25, 0.3) is 5.91 Å². The van der Waals surface area contributed by atoms with Gasteiger partial charge in [-0.25, -0.2) is 10.2 Å². The summed E-state index contributed by atoms with van der Waals surface area (Å²) in [5, 5.41) is 4.19. The van der Waals surface area contributed by atoms with E-state index in [0.29, 0.717) is 28.4 Å². The summed E-state index contributed by atoms with van der Waals surface area (Å²) in [6.07, 6.45) is 1.37. The number of furan rings is 1. The highest BCUT2D eigenvalue weighted by Gasteiger charge is 2.13. The van der Waals surface area contributed by atoms with E-state index in [9.17, 15) is 9.59 Å². The lowest BCUT2D eigenvalue weighted by molar-refractivity contribution is 0.0601. The van der Waals surface area contributed by atoms with Crippen molar-refractivity contribution in [1.82, 2.24) is 5.43 Å². The lowest BCUT2D eigenvalue weighted by Gasteiger charge is -2.04. The third-order valence-electron chi connectivity index (χ3n) is 3.97. The molecule has 0 spiro atoms. The van der Waals surface area contributed by atoms with Gasteiger partial charge in [-0.1, -0.05) is 17.7 Å². The number of benzene rings is 2. The molecular formula is C21H17ClN2O5. The summed E-state index contributed by atoms with van der Waals surface area (Å²) in [6, 6.07) is 15.0. The fourth-order valence-electron chi connectivity index (χ4n) is 2.51. The Morgan fingerprint density at radius 2 is 1.93 bits per heavy atom. The van der Waals surface area contributed by atoms with Gasteiger partial charge < -0.3 is 13.9 Å². The van der Waals surface area contributed by atoms with Crippen molar-refractivity contribution in [3.05, 3.63) is 76.5 Å². The lowest BCUT2D eigenvalue weighted by Crippen LogP contribution is -2.17. The molecule has 0 saturated heterocycles. The van der Waals surface area contributed by atoms with Crippen molar-refractivity contribution >= 4 is 29.7 Å². The van der Waals surface area contributed by atoms with Gasteiger partial charge in [-0.15, -0.1) is 0 Å². The maximum atomic E-state index is 12.1. The average molecular weight is 413 g/mol. The van der Waals surface area contributed by atoms with Gasteiger partial charge in [0.2, 0.25) is 0 Å². The third-order valence-corrected chi connectivity index (χ3v) is 4.30. The van der Waals surface area contributed by atoms with Crippen LogP contribution in [0.1, 0.15) is 26.5 Å². The molecule has 0 unspecified atom stereocenters. The zero-order chi connectivity index (χ0) is 20.8. The van der Waals surface area contributed by atoms with Crippen LogP contribution in [0.25, 0.3) is 11.3 Å². The van der Waals surface area contributed by atoms with Crippen LogP contribution < -0.4 is 10.2 Å². The molecule has 3 aromatic rings. The highest BCUT2D eigenvalue weighted by molar-refractivity contribution is 6.33. The molecule has 0 aliphatic rings. The largest absolute Gasteiger partial charge is 0.497 e. The van der Waals surface area contributed by atoms with Crippen molar-refractivity contribution in [1.29, 1.82) is 0 Å². The molecule has 8 heteroatoms. The molecule has 29 heavy (non-hydrogen) atoms. The Morgan fingerprint density at radius 1 is 1.10 bits per heavy atom. The highest BCUT2D eigenvalue weighted by atomic mass is 35.5. The Hall–Kier alpha value is -3.58. The number of nitrogens with zero attached hydrogens (tertiary/aromatic N) is 1. The van der Waals surface area contributed by atoms with E-state index in [1.807, 2.05) is 0 Å². The molecule has 0 bridgehead atoms. The second kappa shape index (κ2) is 9.07. The number of halogens is 1. The first-order chi connectivity index (χ1) is 14.0. The van der Waals surface area contributed by atoms with E-state index in [4.69, 9.17) is 25.5 Å². The van der Waals surface area contributed by atoms with Crippen molar-refractivity contribution in [2.45, 2.75) is 0 Å². The van der Waals surface area contributed by atoms with Gasteiger partial charge in [-0.05, 0) is 48.5 Å². The average Bonchev–Trinajstić information content (AvgIpc) is 3.22. The van der Waals surface area contributed by atoms with Crippen molar-refractivity contribution in [3.63, 3.8) is 0 Å². The Balaban J connectivity index is 1.70. The van der Waals surface area contributed by atoms with Gasteiger partial charge in [-0.2, -0.15) is 5.10 Å². The van der Waals surface area contributed by atoms with Gasteiger partial charge in [0.05, 0.1) is 31.0 Å². The number of hydrazone groups is 1. The smallest absolute Gasteiger partial charge is 0.339 e. The first-order valence-corrected chi connectivity index (χ1v) is 8.85. The Kier molecular flexibility index (Phi) is 6.31. The molecule has 0 fully saturated rings.